The number of aromatic nitrogens is 1. The lowest BCUT2D eigenvalue weighted by atomic mass is 10.4. The molecular formula is C11H15ClN4O3. The van der Waals surface area contributed by atoms with Crippen molar-refractivity contribution in [3.05, 3.63) is 27.4 Å². The third kappa shape index (κ3) is 4.30. The fourth-order valence-corrected chi connectivity index (χ4v) is 2.05. The Morgan fingerprint density at radius 1 is 1.47 bits per heavy atom. The van der Waals surface area contributed by atoms with E-state index < -0.39 is 4.92 Å². The van der Waals surface area contributed by atoms with Gasteiger partial charge in [0, 0.05) is 26.2 Å². The minimum atomic E-state index is -0.485. The molecule has 104 valence electrons. The van der Waals surface area contributed by atoms with Gasteiger partial charge in [0.05, 0.1) is 30.3 Å². The first-order chi connectivity index (χ1) is 9.15. The van der Waals surface area contributed by atoms with E-state index in [4.69, 9.17) is 16.3 Å². The normalized spacial score (nSPS) is 16.3. The average Bonchev–Trinajstić information content (AvgIpc) is 2.39. The maximum Gasteiger partial charge on any atom is 0.276 e. The Hall–Kier alpha value is -1.44. The molecule has 1 aromatic heterocycles. The number of nitrogens with zero attached hydrogens (tertiary/aromatic N) is 3. The summed E-state index contributed by atoms with van der Waals surface area (Å²) in [6, 6.07) is 2.61. The first kappa shape index (κ1) is 14.0. The number of rotatable bonds is 5. The molecule has 0 bridgehead atoms. The molecule has 1 aliphatic heterocycles. The van der Waals surface area contributed by atoms with Gasteiger partial charge in [0.15, 0.2) is 0 Å². The summed E-state index contributed by atoms with van der Waals surface area (Å²) in [7, 11) is 0. The van der Waals surface area contributed by atoms with Crippen LogP contribution in [-0.2, 0) is 4.74 Å². The molecule has 0 atom stereocenters. The molecule has 0 amide bonds. The van der Waals surface area contributed by atoms with E-state index in [9.17, 15) is 10.1 Å². The predicted molar refractivity (Wildman–Crippen MR) is 71.7 cm³/mol. The molecule has 7 nitrogen and oxygen atoms in total. The number of hydrogen-bond donors (Lipinski definition) is 1. The quantitative estimate of drug-likeness (QED) is 0.500. The number of halogens is 1. The number of morpholine rings is 1. The molecular weight excluding hydrogens is 272 g/mol. The summed E-state index contributed by atoms with van der Waals surface area (Å²) in [4.78, 5) is 16.5. The Kier molecular flexibility index (Phi) is 4.89. The summed E-state index contributed by atoms with van der Waals surface area (Å²) in [5, 5.41) is 13.9. The van der Waals surface area contributed by atoms with Gasteiger partial charge in [-0.1, -0.05) is 11.6 Å². The lowest BCUT2D eigenvalue weighted by Gasteiger charge is -2.26. The average molecular weight is 287 g/mol. The van der Waals surface area contributed by atoms with Crippen molar-refractivity contribution in [3.63, 3.8) is 0 Å². The van der Waals surface area contributed by atoms with Gasteiger partial charge < -0.3 is 10.1 Å². The number of nitro groups is 1. The van der Waals surface area contributed by atoms with Crippen molar-refractivity contribution < 1.29 is 9.66 Å². The third-order valence-corrected chi connectivity index (χ3v) is 3.02. The Morgan fingerprint density at radius 3 is 2.89 bits per heavy atom. The number of nitrogens with one attached hydrogen (secondary N) is 1. The second-order valence-electron chi connectivity index (χ2n) is 4.17. The minimum absolute atomic E-state index is 0.0612. The molecule has 1 saturated heterocycles. The number of hydrogen-bond acceptors (Lipinski definition) is 6. The largest absolute Gasteiger partial charge is 0.379 e. The van der Waals surface area contributed by atoms with Crippen LogP contribution in [0.2, 0.25) is 5.15 Å². The van der Waals surface area contributed by atoms with E-state index in [1.807, 2.05) is 0 Å². The Labute approximate surface area is 115 Å². The van der Waals surface area contributed by atoms with Crippen LogP contribution in [0.25, 0.3) is 0 Å². The molecule has 0 spiro atoms. The van der Waals surface area contributed by atoms with Crippen LogP contribution in [0.1, 0.15) is 0 Å². The van der Waals surface area contributed by atoms with Crippen molar-refractivity contribution in [2.45, 2.75) is 0 Å². The van der Waals surface area contributed by atoms with Crippen molar-refractivity contribution in [1.29, 1.82) is 0 Å². The highest BCUT2D eigenvalue weighted by atomic mass is 35.5. The second kappa shape index (κ2) is 6.65. The van der Waals surface area contributed by atoms with Crippen molar-refractivity contribution in [2.24, 2.45) is 0 Å². The fraction of sp³-hybridized carbons (Fsp3) is 0.545. The second-order valence-corrected chi connectivity index (χ2v) is 4.56. The van der Waals surface area contributed by atoms with E-state index in [1.54, 1.807) is 0 Å². The van der Waals surface area contributed by atoms with Gasteiger partial charge in [0.2, 0.25) is 0 Å². The van der Waals surface area contributed by atoms with E-state index in [0.29, 0.717) is 12.4 Å². The Morgan fingerprint density at radius 2 is 2.21 bits per heavy atom. The molecule has 8 heteroatoms. The van der Waals surface area contributed by atoms with Crippen LogP contribution in [0.15, 0.2) is 12.1 Å². The molecule has 0 saturated carbocycles. The van der Waals surface area contributed by atoms with Gasteiger partial charge in [-0.25, -0.2) is 4.98 Å². The summed E-state index contributed by atoms with van der Waals surface area (Å²) in [5.74, 6) is 0.424. The molecule has 0 aromatic carbocycles. The van der Waals surface area contributed by atoms with Crippen molar-refractivity contribution in [3.8, 4) is 0 Å². The zero-order valence-corrected chi connectivity index (χ0v) is 11.1. The van der Waals surface area contributed by atoms with Gasteiger partial charge in [-0.05, 0) is 0 Å². The highest BCUT2D eigenvalue weighted by molar-refractivity contribution is 6.29. The van der Waals surface area contributed by atoms with Crippen molar-refractivity contribution in [1.82, 2.24) is 9.88 Å². The Balaban J connectivity index is 1.86. The van der Waals surface area contributed by atoms with E-state index in [-0.39, 0.29) is 10.8 Å². The van der Waals surface area contributed by atoms with Crippen molar-refractivity contribution in [2.75, 3.05) is 44.7 Å². The third-order valence-electron chi connectivity index (χ3n) is 2.83. The van der Waals surface area contributed by atoms with Gasteiger partial charge in [-0.15, -0.1) is 0 Å². The molecule has 2 rings (SSSR count). The first-order valence-electron chi connectivity index (χ1n) is 6.01. The first-order valence-corrected chi connectivity index (χ1v) is 6.39. The zero-order chi connectivity index (χ0) is 13.7. The van der Waals surface area contributed by atoms with Gasteiger partial charge >= 0.3 is 0 Å². The highest BCUT2D eigenvalue weighted by Crippen LogP contribution is 2.20. The van der Waals surface area contributed by atoms with Gasteiger partial charge in [0.25, 0.3) is 5.69 Å². The summed E-state index contributed by atoms with van der Waals surface area (Å²) < 4.78 is 5.26. The molecule has 1 N–H and O–H groups in total. The summed E-state index contributed by atoms with van der Waals surface area (Å²) in [6.45, 7) is 4.81. The van der Waals surface area contributed by atoms with Crippen LogP contribution in [0.4, 0.5) is 11.5 Å². The molecule has 0 aliphatic carbocycles. The molecule has 1 fully saturated rings. The van der Waals surface area contributed by atoms with E-state index >= 15 is 0 Å². The van der Waals surface area contributed by atoms with Crippen LogP contribution < -0.4 is 5.32 Å². The smallest absolute Gasteiger partial charge is 0.276 e. The molecule has 1 aromatic rings. The number of ether oxygens (including phenoxy) is 1. The van der Waals surface area contributed by atoms with Crippen LogP contribution in [0.3, 0.4) is 0 Å². The summed E-state index contributed by atoms with van der Waals surface area (Å²) >= 11 is 5.74. The lowest BCUT2D eigenvalue weighted by Crippen LogP contribution is -2.39. The Bertz CT molecular complexity index is 452. The SMILES string of the molecule is O=[N+]([O-])c1cc(Cl)nc(NCCN2CCOCC2)c1. The van der Waals surface area contributed by atoms with Crippen LogP contribution >= 0.6 is 11.6 Å². The van der Waals surface area contributed by atoms with Gasteiger partial charge in [-0.2, -0.15) is 0 Å². The van der Waals surface area contributed by atoms with Crippen molar-refractivity contribution >= 4 is 23.1 Å². The predicted octanol–water partition coefficient (Wildman–Crippen LogP) is 1.39. The van der Waals surface area contributed by atoms with Gasteiger partial charge in [0.1, 0.15) is 11.0 Å². The minimum Gasteiger partial charge on any atom is -0.379 e. The number of pyridine rings is 1. The molecule has 2 heterocycles. The number of anilines is 1. The molecule has 19 heavy (non-hydrogen) atoms. The molecule has 1 aliphatic rings. The van der Waals surface area contributed by atoms with E-state index in [2.05, 4.69) is 15.2 Å². The lowest BCUT2D eigenvalue weighted by molar-refractivity contribution is -0.384. The van der Waals surface area contributed by atoms with E-state index in [0.717, 1.165) is 32.8 Å². The van der Waals surface area contributed by atoms with Crippen LogP contribution in [0.5, 0.6) is 0 Å². The topological polar surface area (TPSA) is 80.5 Å². The summed E-state index contributed by atoms with van der Waals surface area (Å²) in [6.07, 6.45) is 0. The summed E-state index contributed by atoms with van der Waals surface area (Å²) in [5.41, 5.74) is -0.0612. The molecule has 0 radical (unpaired) electrons. The maximum absolute atomic E-state index is 10.7. The molecule has 0 unspecified atom stereocenters. The fourth-order valence-electron chi connectivity index (χ4n) is 1.85. The monoisotopic (exact) mass is 286 g/mol. The van der Waals surface area contributed by atoms with E-state index in [1.165, 1.54) is 12.1 Å². The maximum atomic E-state index is 10.7. The van der Waals surface area contributed by atoms with Gasteiger partial charge in [-0.3, -0.25) is 15.0 Å². The van der Waals surface area contributed by atoms with Crippen LogP contribution in [0, 0.1) is 10.1 Å². The zero-order valence-electron chi connectivity index (χ0n) is 10.3. The highest BCUT2D eigenvalue weighted by Gasteiger charge is 2.12. The standard InChI is InChI=1S/C11H15ClN4O3/c12-10-7-9(16(17)18)8-11(14-10)13-1-2-15-3-5-19-6-4-15/h7-8H,1-6H2,(H,13,14). The van der Waals surface area contributed by atoms with Crippen LogP contribution in [-0.4, -0.2) is 54.2 Å².